The van der Waals surface area contributed by atoms with Crippen LogP contribution in [0.4, 0.5) is 0 Å². The van der Waals surface area contributed by atoms with Crippen molar-refractivity contribution < 1.29 is 19.5 Å². The molecule has 0 rings (SSSR count). The summed E-state index contributed by atoms with van der Waals surface area (Å²) in [5.41, 5.74) is 0. The number of nitrogens with one attached hydrogen (secondary N) is 2. The average Bonchev–Trinajstić information content (AvgIpc) is 2.10. The lowest BCUT2D eigenvalue weighted by molar-refractivity contribution is -0.137. The maximum atomic E-state index is 10.9. The predicted molar refractivity (Wildman–Crippen MR) is 52.0 cm³/mol. The van der Waals surface area contributed by atoms with Gasteiger partial charge in [0.15, 0.2) is 0 Å². The Hall–Kier alpha value is -1.11. The fraction of sp³-hybridized carbons (Fsp3) is 0.571. The van der Waals surface area contributed by atoms with Gasteiger partial charge in [0.25, 0.3) is 0 Å². The van der Waals surface area contributed by atoms with Crippen molar-refractivity contribution in [2.24, 2.45) is 0 Å². The molecule has 0 saturated heterocycles. The van der Waals surface area contributed by atoms with Gasteiger partial charge in [-0.3, -0.25) is 14.4 Å². The van der Waals surface area contributed by atoms with Crippen LogP contribution in [-0.2, 0) is 14.4 Å². The molecule has 0 bridgehead atoms. The Bertz CT molecular complexity index is 242. The molecule has 14 heavy (non-hydrogen) atoms. The van der Waals surface area contributed by atoms with Gasteiger partial charge < -0.3 is 15.7 Å². The number of carbonyl (C=O) groups excluding carboxylic acids is 2. The van der Waals surface area contributed by atoms with Crippen LogP contribution in [0.3, 0.4) is 0 Å². The normalized spacial score (nSPS) is 11.6. The predicted octanol–water partition coefficient (Wildman–Crippen LogP) is -0.913. The maximum absolute atomic E-state index is 10.9. The molecule has 3 N–H and O–H groups in total. The molecule has 0 radical (unpaired) electrons. The second kappa shape index (κ2) is 6.36. The number of alkyl halides is 1. The van der Waals surface area contributed by atoms with E-state index in [1.165, 1.54) is 0 Å². The first-order valence-corrected chi connectivity index (χ1v) is 4.75. The van der Waals surface area contributed by atoms with Gasteiger partial charge in [-0.25, -0.2) is 0 Å². The van der Waals surface area contributed by atoms with E-state index in [9.17, 15) is 14.4 Å². The Labute approximate surface area is 89.2 Å². The van der Waals surface area contributed by atoms with Crippen LogP contribution < -0.4 is 10.6 Å². The number of rotatable bonds is 5. The minimum Gasteiger partial charge on any atom is -0.480 e. The summed E-state index contributed by atoms with van der Waals surface area (Å²) in [4.78, 5) is 31.5. The Morgan fingerprint density at radius 3 is 2.29 bits per heavy atom. The van der Waals surface area contributed by atoms with Gasteiger partial charge in [0, 0.05) is 0 Å². The van der Waals surface area contributed by atoms with Gasteiger partial charge in [-0.15, -0.1) is 0 Å². The molecule has 1 atom stereocenters. The van der Waals surface area contributed by atoms with Crippen molar-refractivity contribution in [3.05, 3.63) is 0 Å². The lowest BCUT2D eigenvalue weighted by Gasteiger charge is -2.06. The second-order valence-corrected chi connectivity index (χ2v) is 3.88. The van der Waals surface area contributed by atoms with Crippen molar-refractivity contribution in [2.45, 2.75) is 11.8 Å². The van der Waals surface area contributed by atoms with Crippen LogP contribution in [0.1, 0.15) is 6.92 Å². The van der Waals surface area contributed by atoms with E-state index in [0.29, 0.717) is 0 Å². The van der Waals surface area contributed by atoms with Gasteiger partial charge in [0.1, 0.15) is 6.54 Å². The molecule has 0 fully saturated rings. The van der Waals surface area contributed by atoms with E-state index < -0.39 is 18.4 Å². The van der Waals surface area contributed by atoms with Gasteiger partial charge in [-0.05, 0) is 6.92 Å². The van der Waals surface area contributed by atoms with Gasteiger partial charge in [-0.1, -0.05) is 15.9 Å². The molecular weight excluding hydrogens is 256 g/mol. The molecule has 0 heterocycles. The molecule has 0 spiro atoms. The number of carboxylic acid groups (broad SMARTS) is 1. The van der Waals surface area contributed by atoms with Crippen molar-refractivity contribution in [3.8, 4) is 0 Å². The van der Waals surface area contributed by atoms with Crippen LogP contribution in [0.25, 0.3) is 0 Å². The fourth-order valence-corrected chi connectivity index (χ4v) is 0.707. The largest absolute Gasteiger partial charge is 0.480 e. The van der Waals surface area contributed by atoms with Crippen molar-refractivity contribution in [3.63, 3.8) is 0 Å². The van der Waals surface area contributed by atoms with Gasteiger partial charge in [0.2, 0.25) is 11.8 Å². The number of halogens is 1. The van der Waals surface area contributed by atoms with E-state index >= 15 is 0 Å². The molecule has 0 saturated carbocycles. The maximum Gasteiger partial charge on any atom is 0.322 e. The lowest BCUT2D eigenvalue weighted by Crippen LogP contribution is -2.40. The third-order valence-electron chi connectivity index (χ3n) is 1.22. The highest BCUT2D eigenvalue weighted by Crippen LogP contribution is 1.95. The van der Waals surface area contributed by atoms with Crippen LogP contribution in [0.5, 0.6) is 0 Å². The third kappa shape index (κ3) is 6.41. The summed E-state index contributed by atoms with van der Waals surface area (Å²) in [6.45, 7) is 0.950. The monoisotopic (exact) mass is 266 g/mol. The average molecular weight is 267 g/mol. The van der Waals surface area contributed by atoms with E-state index in [1.54, 1.807) is 6.92 Å². The first-order valence-electron chi connectivity index (χ1n) is 3.83. The number of carbonyl (C=O) groups is 3. The van der Waals surface area contributed by atoms with Crippen LogP contribution in [0.15, 0.2) is 0 Å². The molecule has 2 amide bonds. The number of aliphatic carboxylic acids is 1. The smallest absolute Gasteiger partial charge is 0.322 e. The first kappa shape index (κ1) is 12.9. The number of amides is 2. The zero-order valence-electron chi connectivity index (χ0n) is 7.54. The Morgan fingerprint density at radius 2 is 1.86 bits per heavy atom. The summed E-state index contributed by atoms with van der Waals surface area (Å²) in [7, 11) is 0. The highest BCUT2D eigenvalue weighted by atomic mass is 79.9. The molecular formula is C7H11BrN2O4. The molecule has 0 aliphatic rings. The third-order valence-corrected chi connectivity index (χ3v) is 1.64. The molecule has 0 aliphatic heterocycles. The zero-order chi connectivity index (χ0) is 11.1. The van der Waals surface area contributed by atoms with E-state index in [-0.39, 0.29) is 17.3 Å². The number of hydrogen-bond donors (Lipinski definition) is 3. The summed E-state index contributed by atoms with van der Waals surface area (Å²) < 4.78 is 0. The lowest BCUT2D eigenvalue weighted by atomic mass is 10.4. The quantitative estimate of drug-likeness (QED) is 0.562. The molecule has 80 valence electrons. The van der Waals surface area contributed by atoms with Crippen molar-refractivity contribution in [2.75, 3.05) is 13.1 Å². The summed E-state index contributed by atoms with van der Waals surface area (Å²) in [6.07, 6.45) is 0. The SMILES string of the molecule is C[C@H](Br)C(=O)NCC(=O)NCC(=O)O. The van der Waals surface area contributed by atoms with Crippen molar-refractivity contribution in [1.29, 1.82) is 0 Å². The van der Waals surface area contributed by atoms with E-state index in [0.717, 1.165) is 0 Å². The van der Waals surface area contributed by atoms with Crippen LogP contribution in [0, 0.1) is 0 Å². The Kier molecular flexibility index (Phi) is 5.86. The number of hydrogen-bond acceptors (Lipinski definition) is 3. The van der Waals surface area contributed by atoms with Crippen LogP contribution in [0.2, 0.25) is 0 Å². The summed E-state index contributed by atoms with van der Waals surface area (Å²) in [5.74, 6) is -1.98. The Morgan fingerprint density at radius 1 is 1.29 bits per heavy atom. The molecule has 0 aromatic carbocycles. The van der Waals surface area contributed by atoms with Crippen LogP contribution in [-0.4, -0.2) is 40.8 Å². The van der Waals surface area contributed by atoms with Gasteiger partial charge in [0.05, 0.1) is 11.4 Å². The standard InChI is InChI=1S/C7H11BrN2O4/c1-4(8)7(14)10-2-5(11)9-3-6(12)13/h4H,2-3H2,1H3,(H,9,11)(H,10,14)(H,12,13)/t4-/m0/s1. The summed E-state index contributed by atoms with van der Waals surface area (Å²) >= 11 is 3.01. The molecule has 0 unspecified atom stereocenters. The minimum atomic E-state index is -1.13. The van der Waals surface area contributed by atoms with E-state index in [2.05, 4.69) is 26.6 Å². The summed E-state index contributed by atoms with van der Waals surface area (Å²) in [6, 6.07) is 0. The first-order chi connectivity index (χ1) is 6.43. The van der Waals surface area contributed by atoms with Gasteiger partial charge in [-0.2, -0.15) is 0 Å². The molecule has 0 aromatic heterocycles. The van der Waals surface area contributed by atoms with Crippen molar-refractivity contribution in [1.82, 2.24) is 10.6 Å². The highest BCUT2D eigenvalue weighted by molar-refractivity contribution is 9.10. The topological polar surface area (TPSA) is 95.5 Å². The zero-order valence-corrected chi connectivity index (χ0v) is 9.13. The molecule has 7 heteroatoms. The van der Waals surface area contributed by atoms with E-state index in [1.807, 2.05) is 0 Å². The molecule has 0 aromatic rings. The van der Waals surface area contributed by atoms with Crippen molar-refractivity contribution >= 4 is 33.7 Å². The van der Waals surface area contributed by atoms with E-state index in [4.69, 9.17) is 5.11 Å². The highest BCUT2D eigenvalue weighted by Gasteiger charge is 2.10. The van der Waals surface area contributed by atoms with Crippen LogP contribution >= 0.6 is 15.9 Å². The minimum absolute atomic E-state index is 0.220. The molecule has 0 aliphatic carbocycles. The fourth-order valence-electron chi connectivity index (χ4n) is 0.545. The molecule has 6 nitrogen and oxygen atoms in total. The summed E-state index contributed by atoms with van der Waals surface area (Å²) in [5, 5.41) is 12.6. The van der Waals surface area contributed by atoms with Gasteiger partial charge >= 0.3 is 5.97 Å². The Balaban J connectivity index is 3.64. The second-order valence-electron chi connectivity index (χ2n) is 2.50. The number of carboxylic acids is 1.